The predicted molar refractivity (Wildman–Crippen MR) is 112 cm³/mol. The minimum atomic E-state index is -3.71. The van der Waals surface area contributed by atoms with Gasteiger partial charge < -0.3 is 0 Å². The molecule has 0 aliphatic rings. The number of aryl methyl sites for hydroxylation is 2. The average Bonchev–Trinajstić information content (AvgIpc) is 2.67. The topological polar surface area (TPSA) is 86.7 Å². The van der Waals surface area contributed by atoms with Crippen molar-refractivity contribution < 1.29 is 25.2 Å². The van der Waals surface area contributed by atoms with Gasteiger partial charge in [-0.05, 0) is 51.0 Å². The van der Waals surface area contributed by atoms with Crippen LogP contribution in [0.15, 0.2) is 58.3 Å². The molecule has 8 heteroatoms. The molecule has 0 fully saturated rings. The van der Waals surface area contributed by atoms with Crippen LogP contribution in [0.2, 0.25) is 0 Å². The van der Waals surface area contributed by atoms with Crippen LogP contribution in [0.3, 0.4) is 0 Å². The fraction of sp³-hybridized carbons (Fsp3) is 0.429. The highest BCUT2D eigenvalue weighted by Gasteiger charge is 2.15. The molecule has 2 rings (SSSR count). The molecule has 0 atom stereocenters. The van der Waals surface area contributed by atoms with Gasteiger partial charge in [-0.3, -0.25) is 8.37 Å². The van der Waals surface area contributed by atoms with E-state index in [4.69, 9.17) is 8.37 Å². The number of benzene rings is 2. The van der Waals surface area contributed by atoms with Crippen LogP contribution in [0.1, 0.15) is 43.2 Å². The summed E-state index contributed by atoms with van der Waals surface area (Å²) in [6.07, 6.45) is 3.69. The summed E-state index contributed by atoms with van der Waals surface area (Å²) >= 11 is 0. The molecule has 0 aliphatic heterocycles. The Bertz CT molecular complexity index is 881. The van der Waals surface area contributed by atoms with E-state index in [1.165, 1.54) is 24.3 Å². The number of rotatable bonds is 12. The molecule has 0 aromatic heterocycles. The smallest absolute Gasteiger partial charge is 0.266 e. The van der Waals surface area contributed by atoms with E-state index in [9.17, 15) is 16.8 Å². The molecule has 2 aromatic rings. The van der Waals surface area contributed by atoms with Gasteiger partial charge in [0.1, 0.15) is 0 Å². The summed E-state index contributed by atoms with van der Waals surface area (Å²) in [6, 6.07) is 13.1. The van der Waals surface area contributed by atoms with Gasteiger partial charge in [0.25, 0.3) is 20.2 Å². The summed E-state index contributed by atoms with van der Waals surface area (Å²) in [6.45, 7) is 4.05. The molecule has 0 unspecified atom stereocenters. The summed E-state index contributed by atoms with van der Waals surface area (Å²) in [4.78, 5) is 0.324. The van der Waals surface area contributed by atoms with Crippen LogP contribution in [-0.4, -0.2) is 30.0 Å². The Labute approximate surface area is 174 Å². The molecular weight excluding hydrogens is 412 g/mol. The summed E-state index contributed by atoms with van der Waals surface area (Å²) in [5.41, 5.74) is 1.97. The lowest BCUT2D eigenvalue weighted by molar-refractivity contribution is 0.297. The highest BCUT2D eigenvalue weighted by molar-refractivity contribution is 7.87. The van der Waals surface area contributed by atoms with E-state index in [2.05, 4.69) is 0 Å². The van der Waals surface area contributed by atoms with Crippen molar-refractivity contribution in [3.05, 3.63) is 59.7 Å². The molecule has 0 saturated carbocycles. The second-order valence-electron chi connectivity index (χ2n) is 6.95. The quantitative estimate of drug-likeness (QED) is 0.360. The van der Waals surface area contributed by atoms with Crippen molar-refractivity contribution in [2.24, 2.45) is 0 Å². The van der Waals surface area contributed by atoms with Crippen molar-refractivity contribution in [3.63, 3.8) is 0 Å². The van der Waals surface area contributed by atoms with Crippen molar-refractivity contribution in [2.45, 2.75) is 55.7 Å². The molecule has 0 amide bonds. The summed E-state index contributed by atoms with van der Waals surface area (Å²) < 4.78 is 58.3. The molecule has 160 valence electrons. The lowest BCUT2D eigenvalue weighted by Gasteiger charge is -2.07. The van der Waals surface area contributed by atoms with Gasteiger partial charge in [0.2, 0.25) is 0 Å². The molecule has 6 nitrogen and oxygen atoms in total. The van der Waals surface area contributed by atoms with Crippen LogP contribution in [-0.2, 0) is 28.6 Å². The maximum atomic E-state index is 12.1. The zero-order chi connectivity index (χ0) is 21.3. The van der Waals surface area contributed by atoms with Crippen molar-refractivity contribution in [1.29, 1.82) is 0 Å². The van der Waals surface area contributed by atoms with Crippen molar-refractivity contribution in [1.82, 2.24) is 0 Å². The maximum Gasteiger partial charge on any atom is 0.296 e. The normalized spacial score (nSPS) is 12.2. The molecule has 0 saturated heterocycles. The monoisotopic (exact) mass is 440 g/mol. The largest absolute Gasteiger partial charge is 0.296 e. The van der Waals surface area contributed by atoms with Gasteiger partial charge in [0.05, 0.1) is 23.0 Å². The second kappa shape index (κ2) is 10.9. The first kappa shape index (κ1) is 23.5. The molecular formula is C21H28O6S2. The first-order valence-electron chi connectivity index (χ1n) is 9.63. The summed E-state index contributed by atoms with van der Waals surface area (Å²) in [5, 5.41) is 0. The zero-order valence-corrected chi connectivity index (χ0v) is 18.5. The van der Waals surface area contributed by atoms with Gasteiger partial charge in [-0.2, -0.15) is 16.8 Å². The standard InChI is InChI=1S/C21H28O6S2/c1-18-8-12-20(13-9-18)28(22,23)26-16-6-4-3-5-7-17-27-29(24,25)21-14-10-19(2)11-15-21/h8-15H,3-7,16-17H2,1-2H3. The van der Waals surface area contributed by atoms with Crippen LogP contribution >= 0.6 is 0 Å². The van der Waals surface area contributed by atoms with E-state index in [0.717, 1.165) is 30.4 Å². The molecule has 0 radical (unpaired) electrons. The van der Waals surface area contributed by atoms with Crippen LogP contribution in [0.25, 0.3) is 0 Å². The van der Waals surface area contributed by atoms with Crippen molar-refractivity contribution >= 4 is 20.2 Å². The van der Waals surface area contributed by atoms with Gasteiger partial charge >= 0.3 is 0 Å². The third-order valence-corrected chi connectivity index (χ3v) is 7.04. The Morgan fingerprint density at radius 1 is 0.552 bits per heavy atom. The average molecular weight is 441 g/mol. The Hall–Kier alpha value is -1.74. The van der Waals surface area contributed by atoms with E-state index in [-0.39, 0.29) is 23.0 Å². The lowest BCUT2D eigenvalue weighted by Crippen LogP contribution is -2.08. The van der Waals surface area contributed by atoms with Crippen LogP contribution in [0.5, 0.6) is 0 Å². The molecule has 0 heterocycles. The molecule has 0 spiro atoms. The molecule has 2 aromatic carbocycles. The third-order valence-electron chi connectivity index (χ3n) is 4.38. The SMILES string of the molecule is Cc1ccc(S(=O)(=O)OCCCCCCCOS(=O)(=O)c2ccc(C)cc2)cc1. The second-order valence-corrected chi connectivity index (χ2v) is 10.2. The fourth-order valence-corrected chi connectivity index (χ4v) is 4.50. The Kier molecular flexibility index (Phi) is 8.82. The molecule has 0 bridgehead atoms. The van der Waals surface area contributed by atoms with E-state index in [1.54, 1.807) is 24.3 Å². The van der Waals surface area contributed by atoms with E-state index < -0.39 is 20.2 Å². The number of hydrogen-bond acceptors (Lipinski definition) is 6. The Morgan fingerprint density at radius 3 is 1.21 bits per heavy atom. The minimum Gasteiger partial charge on any atom is -0.266 e. The number of unbranched alkanes of at least 4 members (excludes halogenated alkanes) is 4. The van der Waals surface area contributed by atoms with E-state index >= 15 is 0 Å². The zero-order valence-electron chi connectivity index (χ0n) is 16.8. The van der Waals surface area contributed by atoms with Crippen molar-refractivity contribution in [3.8, 4) is 0 Å². The molecule has 29 heavy (non-hydrogen) atoms. The first-order chi connectivity index (χ1) is 13.7. The fourth-order valence-electron chi connectivity index (χ4n) is 2.62. The van der Waals surface area contributed by atoms with Gasteiger partial charge in [-0.15, -0.1) is 0 Å². The molecule has 0 N–H and O–H groups in total. The third kappa shape index (κ3) is 7.89. The van der Waals surface area contributed by atoms with Crippen LogP contribution in [0.4, 0.5) is 0 Å². The van der Waals surface area contributed by atoms with E-state index in [0.29, 0.717) is 12.8 Å². The first-order valence-corrected chi connectivity index (χ1v) is 12.4. The maximum absolute atomic E-state index is 12.1. The lowest BCUT2D eigenvalue weighted by atomic mass is 10.2. The Morgan fingerprint density at radius 2 is 0.862 bits per heavy atom. The summed E-state index contributed by atoms with van der Waals surface area (Å²) in [5.74, 6) is 0. The van der Waals surface area contributed by atoms with E-state index in [1.807, 2.05) is 13.8 Å². The highest BCUT2D eigenvalue weighted by Crippen LogP contribution is 2.16. The number of hydrogen-bond donors (Lipinski definition) is 0. The van der Waals surface area contributed by atoms with Gasteiger partial charge in [-0.1, -0.05) is 54.7 Å². The van der Waals surface area contributed by atoms with Gasteiger partial charge in [0, 0.05) is 0 Å². The highest BCUT2D eigenvalue weighted by atomic mass is 32.2. The van der Waals surface area contributed by atoms with Gasteiger partial charge in [0.15, 0.2) is 0 Å². The van der Waals surface area contributed by atoms with Gasteiger partial charge in [-0.25, -0.2) is 0 Å². The van der Waals surface area contributed by atoms with Crippen LogP contribution < -0.4 is 0 Å². The predicted octanol–water partition coefficient (Wildman–Crippen LogP) is 4.36. The van der Waals surface area contributed by atoms with Crippen molar-refractivity contribution in [2.75, 3.05) is 13.2 Å². The molecule has 0 aliphatic carbocycles. The van der Waals surface area contributed by atoms with Crippen LogP contribution in [0, 0.1) is 13.8 Å². The minimum absolute atomic E-state index is 0.133. The summed E-state index contributed by atoms with van der Waals surface area (Å²) in [7, 11) is -7.42. The Balaban J connectivity index is 1.58.